The van der Waals surface area contributed by atoms with E-state index in [0.29, 0.717) is 12.1 Å². The van der Waals surface area contributed by atoms with Crippen LogP contribution >= 0.6 is 0 Å². The Bertz CT molecular complexity index is 575. The highest BCUT2D eigenvalue weighted by Crippen LogP contribution is 2.27. The summed E-state index contributed by atoms with van der Waals surface area (Å²) in [5, 5.41) is 11.1. The fourth-order valence-corrected chi connectivity index (χ4v) is 2.37. The second kappa shape index (κ2) is 6.20. The lowest BCUT2D eigenvalue weighted by Gasteiger charge is -2.28. The summed E-state index contributed by atoms with van der Waals surface area (Å²) in [7, 11) is 0. The summed E-state index contributed by atoms with van der Waals surface area (Å²) in [4.78, 5) is 25.1. The molecule has 1 aromatic rings. The summed E-state index contributed by atoms with van der Waals surface area (Å²) in [5.74, 6) is -0.172. The van der Waals surface area contributed by atoms with Crippen molar-refractivity contribution in [3.05, 3.63) is 23.8 Å². The average molecular weight is 271 g/mol. The number of nitrogens with one attached hydrogen (secondary N) is 1. The molecule has 1 aliphatic rings. The predicted octanol–water partition coefficient (Wildman–Crippen LogP) is 2.36. The second-order valence-corrected chi connectivity index (χ2v) is 4.89. The van der Waals surface area contributed by atoms with Crippen molar-refractivity contribution in [2.45, 2.75) is 32.6 Å². The van der Waals surface area contributed by atoms with Gasteiger partial charge >= 0.3 is 0 Å². The van der Waals surface area contributed by atoms with E-state index in [-0.39, 0.29) is 18.2 Å². The Balaban J connectivity index is 2.15. The lowest BCUT2D eigenvalue weighted by Crippen LogP contribution is -2.35. The molecule has 5 heteroatoms. The Morgan fingerprint density at radius 1 is 1.45 bits per heavy atom. The van der Waals surface area contributed by atoms with E-state index >= 15 is 0 Å². The van der Waals surface area contributed by atoms with Crippen molar-refractivity contribution in [2.75, 3.05) is 16.8 Å². The van der Waals surface area contributed by atoms with Crippen LogP contribution < -0.4 is 10.2 Å². The highest BCUT2D eigenvalue weighted by molar-refractivity contribution is 5.96. The molecule has 0 unspecified atom stereocenters. The molecule has 1 aromatic carbocycles. The number of benzene rings is 1. The van der Waals surface area contributed by atoms with Gasteiger partial charge in [-0.05, 0) is 43.5 Å². The van der Waals surface area contributed by atoms with Crippen molar-refractivity contribution < 1.29 is 9.59 Å². The molecule has 2 rings (SSSR count). The van der Waals surface area contributed by atoms with Crippen LogP contribution in [0.1, 0.15) is 31.2 Å². The third kappa shape index (κ3) is 3.15. The van der Waals surface area contributed by atoms with Gasteiger partial charge in [0.1, 0.15) is 6.42 Å². The summed E-state index contributed by atoms with van der Waals surface area (Å²) >= 11 is 0. The Hall–Kier alpha value is -2.35. The molecule has 0 atom stereocenters. The normalized spacial score (nSPS) is 14.8. The van der Waals surface area contributed by atoms with Gasteiger partial charge in [0.05, 0.1) is 6.07 Å². The van der Waals surface area contributed by atoms with Gasteiger partial charge in [-0.3, -0.25) is 9.59 Å². The fraction of sp³-hybridized carbons (Fsp3) is 0.400. The van der Waals surface area contributed by atoms with Crippen molar-refractivity contribution >= 4 is 23.2 Å². The van der Waals surface area contributed by atoms with Gasteiger partial charge in [-0.2, -0.15) is 5.26 Å². The minimum Gasteiger partial charge on any atom is -0.325 e. The first kappa shape index (κ1) is 14.1. The quantitative estimate of drug-likeness (QED) is 0.917. The molecule has 1 N–H and O–H groups in total. The van der Waals surface area contributed by atoms with Gasteiger partial charge < -0.3 is 10.2 Å². The number of nitriles is 1. The van der Waals surface area contributed by atoms with E-state index in [1.54, 1.807) is 17.0 Å². The second-order valence-electron chi connectivity index (χ2n) is 4.89. The van der Waals surface area contributed by atoms with Gasteiger partial charge in [-0.1, -0.05) is 0 Å². The molecular formula is C15H17N3O2. The molecule has 0 aromatic heterocycles. The van der Waals surface area contributed by atoms with Crippen LogP contribution in [0.25, 0.3) is 0 Å². The monoisotopic (exact) mass is 271 g/mol. The average Bonchev–Trinajstić information content (AvgIpc) is 2.40. The molecule has 1 heterocycles. The van der Waals surface area contributed by atoms with Crippen LogP contribution in [0, 0.1) is 18.3 Å². The number of hydrogen-bond donors (Lipinski definition) is 1. The van der Waals surface area contributed by atoms with E-state index < -0.39 is 0 Å². The molecule has 0 bridgehead atoms. The minimum absolute atomic E-state index is 0.153. The van der Waals surface area contributed by atoms with Crippen LogP contribution in [-0.2, 0) is 9.59 Å². The van der Waals surface area contributed by atoms with Gasteiger partial charge in [0.2, 0.25) is 11.8 Å². The van der Waals surface area contributed by atoms with Crippen molar-refractivity contribution in [3.8, 4) is 6.07 Å². The number of carbonyl (C=O) groups is 2. The minimum atomic E-state index is -0.325. The number of rotatable bonds is 3. The smallest absolute Gasteiger partial charge is 0.238 e. The SMILES string of the molecule is Cc1cc(NC(=O)CC#N)ccc1N1CCCCC1=O. The van der Waals surface area contributed by atoms with Crippen molar-refractivity contribution in [1.82, 2.24) is 0 Å². The number of anilines is 2. The van der Waals surface area contributed by atoms with E-state index in [1.807, 2.05) is 19.1 Å². The molecule has 0 aliphatic carbocycles. The van der Waals surface area contributed by atoms with E-state index in [9.17, 15) is 9.59 Å². The highest BCUT2D eigenvalue weighted by Gasteiger charge is 2.21. The number of piperidine rings is 1. The van der Waals surface area contributed by atoms with Crippen LogP contribution in [0.5, 0.6) is 0 Å². The zero-order chi connectivity index (χ0) is 14.5. The van der Waals surface area contributed by atoms with Crippen LogP contribution in [0.2, 0.25) is 0 Å². The van der Waals surface area contributed by atoms with Crippen molar-refractivity contribution in [1.29, 1.82) is 5.26 Å². The lowest BCUT2D eigenvalue weighted by atomic mass is 10.1. The summed E-state index contributed by atoms with van der Waals surface area (Å²) in [5.41, 5.74) is 2.49. The summed E-state index contributed by atoms with van der Waals surface area (Å²) in [6.45, 7) is 2.66. The number of hydrogen-bond acceptors (Lipinski definition) is 3. The summed E-state index contributed by atoms with van der Waals surface area (Å²) < 4.78 is 0. The van der Waals surface area contributed by atoms with E-state index in [2.05, 4.69) is 5.32 Å². The largest absolute Gasteiger partial charge is 0.325 e. The maximum absolute atomic E-state index is 11.9. The van der Waals surface area contributed by atoms with E-state index in [0.717, 1.165) is 30.6 Å². The fourth-order valence-electron chi connectivity index (χ4n) is 2.37. The zero-order valence-electron chi connectivity index (χ0n) is 11.5. The zero-order valence-corrected chi connectivity index (χ0v) is 11.5. The first-order chi connectivity index (χ1) is 9.61. The molecule has 20 heavy (non-hydrogen) atoms. The molecule has 2 amide bonds. The Morgan fingerprint density at radius 2 is 2.25 bits per heavy atom. The maximum Gasteiger partial charge on any atom is 0.238 e. The number of amides is 2. The molecule has 0 spiro atoms. The number of carbonyl (C=O) groups excluding carboxylic acids is 2. The molecule has 104 valence electrons. The van der Waals surface area contributed by atoms with Crippen molar-refractivity contribution in [2.24, 2.45) is 0 Å². The summed E-state index contributed by atoms with van der Waals surface area (Å²) in [6.07, 6.45) is 2.41. The number of aryl methyl sites for hydroxylation is 1. The number of nitrogens with zero attached hydrogens (tertiary/aromatic N) is 2. The Labute approximate surface area is 118 Å². The van der Waals surface area contributed by atoms with Crippen LogP contribution in [0.4, 0.5) is 11.4 Å². The van der Waals surface area contributed by atoms with E-state index in [4.69, 9.17) is 5.26 Å². The molecule has 5 nitrogen and oxygen atoms in total. The Morgan fingerprint density at radius 3 is 2.90 bits per heavy atom. The topological polar surface area (TPSA) is 73.2 Å². The van der Waals surface area contributed by atoms with Gasteiger partial charge in [0, 0.05) is 24.3 Å². The van der Waals surface area contributed by atoms with E-state index in [1.165, 1.54) is 0 Å². The van der Waals surface area contributed by atoms with Crippen LogP contribution in [0.15, 0.2) is 18.2 Å². The Kier molecular flexibility index (Phi) is 4.36. The molecule has 1 aliphatic heterocycles. The van der Waals surface area contributed by atoms with Crippen molar-refractivity contribution in [3.63, 3.8) is 0 Å². The maximum atomic E-state index is 11.9. The van der Waals surface area contributed by atoms with Crippen LogP contribution in [-0.4, -0.2) is 18.4 Å². The lowest BCUT2D eigenvalue weighted by molar-refractivity contribution is -0.119. The first-order valence-corrected chi connectivity index (χ1v) is 6.69. The summed E-state index contributed by atoms with van der Waals surface area (Å²) in [6, 6.07) is 7.24. The standard InChI is InChI=1S/C15H17N3O2/c1-11-10-12(17-14(19)7-8-16)5-6-13(11)18-9-3-2-4-15(18)20/h5-6,10H,2-4,7,9H2,1H3,(H,17,19). The molecule has 1 saturated heterocycles. The van der Waals surface area contributed by atoms with Gasteiger partial charge in [-0.15, -0.1) is 0 Å². The predicted molar refractivity (Wildman–Crippen MR) is 76.2 cm³/mol. The van der Waals surface area contributed by atoms with Gasteiger partial charge in [-0.25, -0.2) is 0 Å². The highest BCUT2D eigenvalue weighted by atomic mass is 16.2. The third-order valence-electron chi connectivity index (χ3n) is 3.33. The van der Waals surface area contributed by atoms with Crippen LogP contribution in [0.3, 0.4) is 0 Å². The van der Waals surface area contributed by atoms with Gasteiger partial charge in [0.25, 0.3) is 0 Å². The third-order valence-corrected chi connectivity index (χ3v) is 3.33. The molecule has 1 fully saturated rings. The first-order valence-electron chi connectivity index (χ1n) is 6.69. The molecular weight excluding hydrogens is 254 g/mol. The molecule has 0 saturated carbocycles. The van der Waals surface area contributed by atoms with Gasteiger partial charge in [0.15, 0.2) is 0 Å². The molecule has 0 radical (unpaired) electrons.